The van der Waals surface area contributed by atoms with E-state index in [0.717, 1.165) is 6.42 Å². The molecule has 6 nitrogen and oxygen atoms in total. The van der Waals surface area contributed by atoms with Crippen molar-refractivity contribution >= 4 is 11.8 Å². The molecule has 0 aromatic heterocycles. The van der Waals surface area contributed by atoms with Crippen LogP contribution in [-0.2, 0) is 4.79 Å². The molecule has 1 aromatic carbocycles. The van der Waals surface area contributed by atoms with Crippen LogP contribution in [0.1, 0.15) is 51.4 Å². The fourth-order valence-corrected chi connectivity index (χ4v) is 2.47. The summed E-state index contributed by atoms with van der Waals surface area (Å²) in [4.78, 5) is 25.1. The number of aliphatic hydroxyl groups is 1. The number of benzene rings is 1. The molecule has 0 aliphatic rings. The summed E-state index contributed by atoms with van der Waals surface area (Å²) in [6, 6.07) is 6.07. The summed E-state index contributed by atoms with van der Waals surface area (Å²) < 4.78 is 5.08. The minimum absolute atomic E-state index is 0.0726. The average Bonchev–Trinajstić information content (AvgIpc) is 2.63. The largest absolute Gasteiger partial charge is 0.497 e. The second-order valence-electron chi connectivity index (χ2n) is 7.33. The highest BCUT2D eigenvalue weighted by Gasteiger charge is 2.31. The van der Waals surface area contributed by atoms with Crippen LogP contribution in [0.5, 0.6) is 5.75 Å². The number of amides is 2. The van der Waals surface area contributed by atoms with Crippen LogP contribution in [0.4, 0.5) is 0 Å². The first-order valence-corrected chi connectivity index (χ1v) is 9.05. The highest BCUT2D eigenvalue weighted by Crippen LogP contribution is 2.24. The number of ether oxygens (including phenoxy) is 1. The molecule has 6 heteroatoms. The second-order valence-corrected chi connectivity index (χ2v) is 7.33. The Morgan fingerprint density at radius 3 is 2.19 bits per heavy atom. The summed E-state index contributed by atoms with van der Waals surface area (Å²) in [5.74, 6) is 0.0331. The highest BCUT2D eigenvalue weighted by atomic mass is 16.5. The van der Waals surface area contributed by atoms with Gasteiger partial charge in [0.15, 0.2) is 0 Å². The van der Waals surface area contributed by atoms with E-state index >= 15 is 0 Å². The molecule has 0 radical (unpaired) electrons. The van der Waals surface area contributed by atoms with E-state index < -0.39 is 17.6 Å². The summed E-state index contributed by atoms with van der Waals surface area (Å²) in [5.41, 5.74) is 0.0589. The standard InChI is InChI=1S/C20H32N2O4/c1-7-20(5,14(4)23)12-21-19(25)17(13(2)3)22-18(24)15-8-10-16(26-6)11-9-15/h8-11,13-14,17,23H,7,12H2,1-6H3,(H,21,25)(H,22,24)/t14-,17-,20-/m1/s1. The Kier molecular flexibility index (Phi) is 8.08. The highest BCUT2D eigenvalue weighted by molar-refractivity contribution is 5.97. The molecule has 0 bridgehead atoms. The van der Waals surface area contributed by atoms with Gasteiger partial charge in [0.1, 0.15) is 11.8 Å². The van der Waals surface area contributed by atoms with Gasteiger partial charge in [0.25, 0.3) is 5.91 Å². The van der Waals surface area contributed by atoms with Crippen molar-refractivity contribution < 1.29 is 19.4 Å². The normalized spacial score (nSPS) is 15.7. The van der Waals surface area contributed by atoms with Gasteiger partial charge in [-0.3, -0.25) is 9.59 Å². The summed E-state index contributed by atoms with van der Waals surface area (Å²) in [6.07, 6.45) is 0.189. The van der Waals surface area contributed by atoms with Crippen molar-refractivity contribution in [3.05, 3.63) is 29.8 Å². The summed E-state index contributed by atoms with van der Waals surface area (Å²) in [5, 5.41) is 15.6. The number of carbonyl (C=O) groups excluding carboxylic acids is 2. The molecule has 0 fully saturated rings. The topological polar surface area (TPSA) is 87.7 Å². The van der Waals surface area contributed by atoms with Crippen LogP contribution in [0.2, 0.25) is 0 Å². The van der Waals surface area contributed by atoms with E-state index in [0.29, 0.717) is 17.9 Å². The molecule has 0 unspecified atom stereocenters. The fourth-order valence-electron chi connectivity index (χ4n) is 2.47. The van der Waals surface area contributed by atoms with Crippen LogP contribution in [0.25, 0.3) is 0 Å². The van der Waals surface area contributed by atoms with Gasteiger partial charge in [-0.05, 0) is 43.5 Å². The number of aliphatic hydroxyl groups excluding tert-OH is 1. The van der Waals surface area contributed by atoms with E-state index in [-0.39, 0.29) is 17.7 Å². The van der Waals surface area contributed by atoms with Crippen LogP contribution >= 0.6 is 0 Å². The van der Waals surface area contributed by atoms with E-state index in [4.69, 9.17) is 4.74 Å². The maximum atomic E-state index is 12.6. The SMILES string of the molecule is CC[C@](C)(CNC(=O)[C@H](NC(=O)c1ccc(OC)cc1)C(C)C)[C@@H](C)O. The zero-order valence-electron chi connectivity index (χ0n) is 16.6. The number of nitrogens with one attached hydrogen (secondary N) is 2. The van der Waals surface area contributed by atoms with Crippen molar-refractivity contribution in [1.29, 1.82) is 0 Å². The van der Waals surface area contributed by atoms with Gasteiger partial charge in [0.05, 0.1) is 13.2 Å². The first-order chi connectivity index (χ1) is 12.1. The maximum Gasteiger partial charge on any atom is 0.251 e. The minimum Gasteiger partial charge on any atom is -0.497 e. The van der Waals surface area contributed by atoms with Crippen molar-refractivity contribution in [3.8, 4) is 5.75 Å². The van der Waals surface area contributed by atoms with E-state index in [1.165, 1.54) is 0 Å². The lowest BCUT2D eigenvalue weighted by atomic mass is 9.82. The first kappa shape index (κ1) is 22.0. The third-order valence-corrected chi connectivity index (χ3v) is 5.07. The van der Waals surface area contributed by atoms with Crippen LogP contribution in [0, 0.1) is 11.3 Å². The quantitative estimate of drug-likeness (QED) is 0.628. The van der Waals surface area contributed by atoms with Gasteiger partial charge in [0.2, 0.25) is 5.91 Å². The lowest BCUT2D eigenvalue weighted by Crippen LogP contribution is -2.52. The van der Waals surface area contributed by atoms with Gasteiger partial charge in [-0.25, -0.2) is 0 Å². The summed E-state index contributed by atoms with van der Waals surface area (Å²) in [6.45, 7) is 9.74. The van der Waals surface area contributed by atoms with Crippen LogP contribution in [0.3, 0.4) is 0 Å². The Balaban J connectivity index is 2.78. The van der Waals surface area contributed by atoms with E-state index in [9.17, 15) is 14.7 Å². The maximum absolute atomic E-state index is 12.6. The van der Waals surface area contributed by atoms with E-state index in [1.807, 2.05) is 27.7 Å². The zero-order valence-corrected chi connectivity index (χ0v) is 16.6. The Morgan fingerprint density at radius 1 is 1.19 bits per heavy atom. The number of methoxy groups -OCH3 is 1. The molecule has 0 spiro atoms. The molecule has 0 saturated carbocycles. The van der Waals surface area contributed by atoms with Gasteiger partial charge >= 0.3 is 0 Å². The Morgan fingerprint density at radius 2 is 1.77 bits per heavy atom. The molecule has 0 heterocycles. The third-order valence-electron chi connectivity index (χ3n) is 5.07. The van der Waals surface area contributed by atoms with Gasteiger partial charge in [-0.2, -0.15) is 0 Å². The molecular formula is C20H32N2O4. The van der Waals surface area contributed by atoms with Gasteiger partial charge in [0, 0.05) is 17.5 Å². The predicted octanol–water partition coefficient (Wildman–Crippen LogP) is 2.36. The molecule has 0 aliphatic carbocycles. The van der Waals surface area contributed by atoms with Crippen molar-refractivity contribution in [1.82, 2.24) is 10.6 Å². The molecule has 3 N–H and O–H groups in total. The number of hydrogen-bond donors (Lipinski definition) is 3. The van der Waals surface area contributed by atoms with Gasteiger partial charge < -0.3 is 20.5 Å². The summed E-state index contributed by atoms with van der Waals surface area (Å²) >= 11 is 0. The van der Waals surface area contributed by atoms with Crippen molar-refractivity contribution in [2.45, 2.75) is 53.2 Å². The van der Waals surface area contributed by atoms with Crippen LogP contribution in [-0.4, -0.2) is 42.7 Å². The molecule has 2 amide bonds. The molecule has 146 valence electrons. The molecule has 0 saturated heterocycles. The van der Waals surface area contributed by atoms with Gasteiger partial charge in [-0.15, -0.1) is 0 Å². The predicted molar refractivity (Wildman–Crippen MR) is 102 cm³/mol. The monoisotopic (exact) mass is 364 g/mol. The minimum atomic E-state index is -0.653. The lowest BCUT2D eigenvalue weighted by Gasteiger charge is -2.32. The number of rotatable bonds is 9. The van der Waals surface area contributed by atoms with Crippen molar-refractivity contribution in [2.24, 2.45) is 11.3 Å². The van der Waals surface area contributed by atoms with Crippen molar-refractivity contribution in [2.75, 3.05) is 13.7 Å². The molecular weight excluding hydrogens is 332 g/mol. The van der Waals surface area contributed by atoms with E-state index in [2.05, 4.69) is 10.6 Å². The van der Waals surface area contributed by atoms with Gasteiger partial charge in [-0.1, -0.05) is 27.7 Å². The Hall–Kier alpha value is -2.08. The number of hydrogen-bond acceptors (Lipinski definition) is 4. The Labute approximate surface area is 156 Å². The molecule has 0 aliphatic heterocycles. The van der Waals surface area contributed by atoms with Crippen molar-refractivity contribution in [3.63, 3.8) is 0 Å². The first-order valence-electron chi connectivity index (χ1n) is 9.05. The fraction of sp³-hybridized carbons (Fsp3) is 0.600. The molecule has 1 aromatic rings. The third kappa shape index (κ3) is 5.73. The second kappa shape index (κ2) is 9.57. The zero-order chi connectivity index (χ0) is 19.9. The molecule has 26 heavy (non-hydrogen) atoms. The summed E-state index contributed by atoms with van der Waals surface area (Å²) in [7, 11) is 1.56. The number of carbonyl (C=O) groups is 2. The van der Waals surface area contributed by atoms with Crippen LogP contribution in [0.15, 0.2) is 24.3 Å². The van der Waals surface area contributed by atoms with Crippen LogP contribution < -0.4 is 15.4 Å². The Bertz CT molecular complexity index is 598. The smallest absolute Gasteiger partial charge is 0.251 e. The molecule has 3 atom stereocenters. The molecule has 1 rings (SSSR count). The van der Waals surface area contributed by atoms with E-state index in [1.54, 1.807) is 38.3 Å². The lowest BCUT2D eigenvalue weighted by molar-refractivity contribution is -0.124. The average molecular weight is 364 g/mol.